The molecule has 3 nitrogen and oxygen atoms in total. The third kappa shape index (κ3) is 1.90. The zero-order chi connectivity index (χ0) is 10.0. The van der Waals surface area contributed by atoms with Crippen LogP contribution in [-0.4, -0.2) is 17.4 Å². The lowest BCUT2D eigenvalue weighted by Crippen LogP contribution is -2.27. The van der Waals surface area contributed by atoms with Gasteiger partial charge in [0.15, 0.2) is 0 Å². The van der Waals surface area contributed by atoms with E-state index in [0.29, 0.717) is 0 Å². The molecule has 0 saturated heterocycles. The highest BCUT2D eigenvalue weighted by atomic mass is 16.4. The van der Waals surface area contributed by atoms with Crippen molar-refractivity contribution in [3.63, 3.8) is 0 Å². The lowest BCUT2D eigenvalue weighted by Gasteiger charge is -2.20. The van der Waals surface area contributed by atoms with Crippen LogP contribution in [0.15, 0.2) is 0 Å². The first-order valence-electron chi connectivity index (χ1n) is 4.76. The second kappa shape index (κ2) is 3.90. The number of rotatable bonds is 3. The van der Waals surface area contributed by atoms with Crippen LogP contribution in [0, 0.1) is 23.7 Å². The van der Waals surface area contributed by atoms with Gasteiger partial charge in [0, 0.05) is 5.92 Å². The molecule has 1 saturated carbocycles. The summed E-state index contributed by atoms with van der Waals surface area (Å²) in [5.74, 6) is -0.926. The molecule has 2 unspecified atom stereocenters. The fourth-order valence-corrected chi connectivity index (χ4v) is 2.35. The van der Waals surface area contributed by atoms with Crippen molar-refractivity contribution in [2.45, 2.75) is 26.7 Å². The van der Waals surface area contributed by atoms with Gasteiger partial charge in [0.25, 0.3) is 0 Å². The van der Waals surface area contributed by atoms with Crippen molar-refractivity contribution >= 4 is 12.3 Å². The number of aliphatic carboxylic acids is 1. The quantitative estimate of drug-likeness (QED) is 0.677. The maximum absolute atomic E-state index is 10.9. The highest BCUT2D eigenvalue weighted by molar-refractivity contribution is 5.72. The lowest BCUT2D eigenvalue weighted by atomic mass is 9.83. The van der Waals surface area contributed by atoms with Crippen molar-refractivity contribution < 1.29 is 14.7 Å². The number of aldehydes is 1. The summed E-state index contributed by atoms with van der Waals surface area (Å²) in [6.45, 7) is 3.77. The van der Waals surface area contributed by atoms with Gasteiger partial charge in [0.05, 0.1) is 5.92 Å². The number of carbonyl (C=O) groups excluding carboxylic acids is 1. The van der Waals surface area contributed by atoms with Crippen LogP contribution in [-0.2, 0) is 9.59 Å². The van der Waals surface area contributed by atoms with Crippen LogP contribution in [0.4, 0.5) is 0 Å². The molecule has 1 aliphatic carbocycles. The van der Waals surface area contributed by atoms with Gasteiger partial charge < -0.3 is 9.90 Å². The molecule has 0 amide bonds. The predicted octanol–water partition coefficient (Wildman–Crippen LogP) is 1.57. The first-order valence-corrected chi connectivity index (χ1v) is 4.76. The van der Waals surface area contributed by atoms with Crippen LogP contribution in [0.25, 0.3) is 0 Å². The van der Waals surface area contributed by atoms with Gasteiger partial charge in [-0.15, -0.1) is 0 Å². The zero-order valence-corrected chi connectivity index (χ0v) is 8.06. The van der Waals surface area contributed by atoms with E-state index >= 15 is 0 Å². The number of carbonyl (C=O) groups is 2. The third-order valence-electron chi connectivity index (χ3n) is 3.20. The highest BCUT2D eigenvalue weighted by Gasteiger charge is 2.40. The lowest BCUT2D eigenvalue weighted by molar-refractivity contribution is -0.145. The van der Waals surface area contributed by atoms with Crippen molar-refractivity contribution in [3.05, 3.63) is 0 Å². The summed E-state index contributed by atoms with van der Waals surface area (Å²) in [5.41, 5.74) is 0. The van der Waals surface area contributed by atoms with Gasteiger partial charge >= 0.3 is 5.97 Å². The zero-order valence-electron chi connectivity index (χ0n) is 8.06. The van der Waals surface area contributed by atoms with Crippen LogP contribution in [0.1, 0.15) is 26.7 Å². The minimum atomic E-state index is -0.747. The van der Waals surface area contributed by atoms with Gasteiger partial charge in [-0.2, -0.15) is 0 Å². The molecule has 0 radical (unpaired) electrons. The minimum Gasteiger partial charge on any atom is -0.481 e. The Kier molecular flexibility index (Phi) is 3.07. The van der Waals surface area contributed by atoms with Crippen molar-refractivity contribution in [1.82, 2.24) is 0 Å². The Bertz CT molecular complexity index is 212. The first kappa shape index (κ1) is 10.2. The molecule has 0 bridgehead atoms. The van der Waals surface area contributed by atoms with Crippen molar-refractivity contribution in [1.29, 1.82) is 0 Å². The topological polar surface area (TPSA) is 54.4 Å². The SMILES string of the molecule is CC(C=O)[C@@H]1CCC(C)[C@@H]1C(=O)O. The van der Waals surface area contributed by atoms with E-state index < -0.39 is 5.97 Å². The van der Waals surface area contributed by atoms with E-state index in [9.17, 15) is 9.59 Å². The van der Waals surface area contributed by atoms with Gasteiger partial charge in [-0.05, 0) is 24.7 Å². The molecule has 0 aromatic rings. The maximum atomic E-state index is 10.9. The van der Waals surface area contributed by atoms with Gasteiger partial charge in [-0.3, -0.25) is 4.79 Å². The van der Waals surface area contributed by atoms with Crippen LogP contribution >= 0.6 is 0 Å². The van der Waals surface area contributed by atoms with Crippen molar-refractivity contribution in [3.8, 4) is 0 Å². The van der Waals surface area contributed by atoms with Gasteiger partial charge in [0.1, 0.15) is 6.29 Å². The molecule has 0 aromatic heterocycles. The monoisotopic (exact) mass is 184 g/mol. The molecule has 0 aliphatic heterocycles. The fourth-order valence-electron chi connectivity index (χ4n) is 2.35. The fraction of sp³-hybridized carbons (Fsp3) is 0.800. The molecular weight excluding hydrogens is 168 g/mol. The van der Waals surface area contributed by atoms with E-state index in [2.05, 4.69) is 0 Å². The molecule has 1 rings (SSSR count). The van der Waals surface area contributed by atoms with E-state index in [0.717, 1.165) is 19.1 Å². The molecule has 1 aliphatic rings. The summed E-state index contributed by atoms with van der Waals surface area (Å²) in [4.78, 5) is 21.5. The van der Waals surface area contributed by atoms with Gasteiger partial charge in [-0.1, -0.05) is 13.8 Å². The molecular formula is C10H16O3. The summed E-state index contributed by atoms with van der Waals surface area (Å²) >= 11 is 0. The summed E-state index contributed by atoms with van der Waals surface area (Å²) in [5, 5.41) is 8.98. The predicted molar refractivity (Wildman–Crippen MR) is 48.2 cm³/mol. The van der Waals surface area contributed by atoms with Crippen LogP contribution < -0.4 is 0 Å². The highest BCUT2D eigenvalue weighted by Crippen LogP contribution is 2.40. The van der Waals surface area contributed by atoms with Crippen molar-refractivity contribution in [2.75, 3.05) is 0 Å². The van der Waals surface area contributed by atoms with E-state index in [1.807, 2.05) is 13.8 Å². The summed E-state index contributed by atoms with van der Waals surface area (Å²) < 4.78 is 0. The second-order valence-electron chi connectivity index (χ2n) is 4.08. The number of carboxylic acids is 1. The molecule has 74 valence electrons. The average molecular weight is 184 g/mol. The summed E-state index contributed by atoms with van der Waals surface area (Å²) in [6.07, 6.45) is 2.68. The molecule has 4 atom stereocenters. The Labute approximate surface area is 78.1 Å². The van der Waals surface area contributed by atoms with Crippen LogP contribution in [0.3, 0.4) is 0 Å². The molecule has 0 aromatic carbocycles. The molecule has 1 fully saturated rings. The Balaban J connectivity index is 2.75. The van der Waals surface area contributed by atoms with E-state index in [-0.39, 0.29) is 23.7 Å². The van der Waals surface area contributed by atoms with E-state index in [4.69, 9.17) is 5.11 Å². The molecule has 1 N–H and O–H groups in total. The normalized spacial score (nSPS) is 35.7. The number of carboxylic acid groups (broad SMARTS) is 1. The maximum Gasteiger partial charge on any atom is 0.307 e. The summed E-state index contributed by atoms with van der Waals surface area (Å²) in [6, 6.07) is 0. The Morgan fingerprint density at radius 1 is 1.54 bits per heavy atom. The largest absolute Gasteiger partial charge is 0.481 e. The van der Waals surface area contributed by atoms with Gasteiger partial charge in [0.2, 0.25) is 0 Å². The van der Waals surface area contributed by atoms with Crippen LogP contribution in [0.2, 0.25) is 0 Å². The Morgan fingerprint density at radius 3 is 2.62 bits per heavy atom. The van der Waals surface area contributed by atoms with Crippen LogP contribution in [0.5, 0.6) is 0 Å². The molecule has 0 spiro atoms. The third-order valence-corrected chi connectivity index (χ3v) is 3.20. The number of hydrogen-bond acceptors (Lipinski definition) is 2. The Hall–Kier alpha value is -0.860. The second-order valence-corrected chi connectivity index (χ2v) is 4.08. The molecule has 13 heavy (non-hydrogen) atoms. The number of hydrogen-bond donors (Lipinski definition) is 1. The Morgan fingerprint density at radius 2 is 2.15 bits per heavy atom. The minimum absolute atomic E-state index is 0.0463. The molecule has 0 heterocycles. The van der Waals surface area contributed by atoms with E-state index in [1.165, 1.54) is 0 Å². The summed E-state index contributed by atoms with van der Waals surface area (Å²) in [7, 11) is 0. The smallest absolute Gasteiger partial charge is 0.307 e. The first-order chi connectivity index (χ1) is 6.07. The molecule has 3 heteroatoms. The standard InChI is InChI=1S/C10H16O3/c1-6-3-4-8(7(2)5-11)9(6)10(12)13/h5-9H,3-4H2,1-2H3,(H,12,13)/t6?,7?,8-,9-/m0/s1. The average Bonchev–Trinajstić information content (AvgIpc) is 2.45. The van der Waals surface area contributed by atoms with Crippen molar-refractivity contribution in [2.24, 2.45) is 23.7 Å². The van der Waals surface area contributed by atoms with E-state index in [1.54, 1.807) is 0 Å². The van der Waals surface area contributed by atoms with Gasteiger partial charge in [-0.25, -0.2) is 0 Å².